The van der Waals surface area contributed by atoms with Gasteiger partial charge in [0.05, 0.1) is 22.8 Å². The quantitative estimate of drug-likeness (QED) is 0.208. The Morgan fingerprint density at radius 2 is 0.821 bits per heavy atom. The van der Waals surface area contributed by atoms with Crippen LogP contribution in [0.1, 0.15) is 40.5 Å². The predicted molar refractivity (Wildman–Crippen MR) is 166 cm³/mol. The molecule has 0 bridgehead atoms. The average molecular weight is 600 g/mol. The molecule has 204 valence electrons. The van der Waals surface area contributed by atoms with Crippen molar-refractivity contribution in [1.82, 2.24) is 0 Å². The van der Waals surface area contributed by atoms with Crippen molar-refractivity contribution in [3.8, 4) is 22.3 Å². The molecule has 0 spiro atoms. The summed E-state index contributed by atoms with van der Waals surface area (Å²) in [7, 11) is 9.40. The van der Waals surface area contributed by atoms with E-state index in [-0.39, 0.29) is 10.8 Å². The Labute approximate surface area is 247 Å². The van der Waals surface area contributed by atoms with Crippen LogP contribution in [0.4, 0.5) is 11.4 Å². The van der Waals surface area contributed by atoms with Gasteiger partial charge in [-0.15, -0.1) is 0 Å². The molecule has 0 aromatic heterocycles. The molecule has 2 nitrogen and oxygen atoms in total. The fraction of sp³-hybridized carbons (Fsp3) is 0.235. The van der Waals surface area contributed by atoms with Gasteiger partial charge in [-0.3, -0.25) is 9.98 Å². The van der Waals surface area contributed by atoms with E-state index in [1.54, 1.807) is 0 Å². The first-order valence-electron chi connectivity index (χ1n) is 13.1. The minimum atomic E-state index is -0.0835. The van der Waals surface area contributed by atoms with Crippen LogP contribution in [-0.2, 0) is 12.7 Å². The van der Waals surface area contributed by atoms with E-state index in [1.165, 1.54) is 11.1 Å². The average Bonchev–Trinajstić information content (AvgIpc) is 2.95. The third kappa shape index (κ3) is 7.09. The first-order chi connectivity index (χ1) is 18.8. The Bertz CT molecular complexity index is 1330. The number of rotatable bonds is 4. The molecule has 4 aromatic rings. The van der Waals surface area contributed by atoms with E-state index < -0.39 is 0 Å². The zero-order valence-electron chi connectivity index (χ0n) is 22.8. The van der Waals surface area contributed by atoms with Gasteiger partial charge in [0.15, 0.2) is 0 Å². The van der Waals surface area contributed by atoms with Crippen LogP contribution in [0.25, 0.3) is 22.3 Å². The first kappa shape index (κ1) is 29.3. The van der Waals surface area contributed by atoms with Crippen LogP contribution in [0.15, 0.2) is 119 Å². The number of benzene rings is 4. The Morgan fingerprint density at radius 3 is 1.18 bits per heavy atom. The summed E-state index contributed by atoms with van der Waals surface area (Å²) in [4.78, 5) is 10.8. The Balaban J connectivity index is 0.00000112. The zero-order chi connectivity index (χ0) is 27.9. The topological polar surface area (TPSA) is 24.7 Å². The Morgan fingerprint density at radius 1 is 0.513 bits per heavy atom. The van der Waals surface area contributed by atoms with Crippen molar-refractivity contribution in [3.63, 3.8) is 0 Å². The molecule has 1 aliphatic carbocycles. The van der Waals surface area contributed by atoms with Crippen LogP contribution in [0.5, 0.6) is 0 Å². The molecule has 0 heterocycles. The molecule has 0 N–H and O–H groups in total. The summed E-state index contributed by atoms with van der Waals surface area (Å²) in [5.41, 5.74) is 8.65. The van der Waals surface area contributed by atoms with Crippen LogP contribution in [-0.4, -0.2) is 11.4 Å². The zero-order valence-corrected chi connectivity index (χ0v) is 25.3. The second-order valence-corrected chi connectivity index (χ2v) is 12.6. The summed E-state index contributed by atoms with van der Waals surface area (Å²) >= 11 is 0.569. The third-order valence-electron chi connectivity index (χ3n) is 7.32. The molecule has 1 saturated carbocycles. The van der Waals surface area contributed by atoms with Crippen molar-refractivity contribution in [3.05, 3.63) is 109 Å². The summed E-state index contributed by atoms with van der Waals surface area (Å²) in [5.74, 6) is 0. The van der Waals surface area contributed by atoms with Gasteiger partial charge in [-0.1, -0.05) is 125 Å². The molecule has 4 aromatic carbocycles. The number of para-hydroxylation sites is 2. The van der Waals surface area contributed by atoms with E-state index >= 15 is 0 Å². The van der Waals surface area contributed by atoms with E-state index in [0.29, 0.717) is 12.7 Å². The van der Waals surface area contributed by atoms with Gasteiger partial charge < -0.3 is 0 Å². The molecule has 0 radical (unpaired) electrons. The van der Waals surface area contributed by atoms with Crippen LogP contribution in [0.3, 0.4) is 0 Å². The molecule has 0 saturated heterocycles. The van der Waals surface area contributed by atoms with Gasteiger partial charge in [0.25, 0.3) is 0 Å². The van der Waals surface area contributed by atoms with E-state index in [4.69, 9.17) is 30.4 Å². The molecule has 0 unspecified atom stereocenters. The minimum absolute atomic E-state index is 0.0835. The molecule has 5 rings (SSSR count). The van der Waals surface area contributed by atoms with E-state index in [9.17, 15) is 0 Å². The molecule has 0 amide bonds. The van der Waals surface area contributed by atoms with Crippen LogP contribution >= 0.6 is 20.4 Å². The summed E-state index contributed by atoms with van der Waals surface area (Å²) in [5, 5.41) is 0. The van der Waals surface area contributed by atoms with Gasteiger partial charge in [0.1, 0.15) is 0 Å². The summed E-state index contributed by atoms with van der Waals surface area (Å²) in [6, 6.07) is 38.0. The van der Waals surface area contributed by atoms with Crippen LogP contribution in [0.2, 0.25) is 0 Å². The van der Waals surface area contributed by atoms with E-state index in [1.807, 2.05) is 0 Å². The van der Waals surface area contributed by atoms with Crippen molar-refractivity contribution in [2.75, 3.05) is 0 Å². The monoisotopic (exact) mass is 598 g/mol. The maximum absolute atomic E-state index is 5.41. The molecular formula is C34H34Cl2N2Ni. The second kappa shape index (κ2) is 13.1. The fourth-order valence-electron chi connectivity index (χ4n) is 5.02. The molecule has 1 aliphatic rings. The number of halogens is 2. The SMILES string of the molecule is CC1(C)CCC(C)(C)C(=Nc2ccccc2-c2ccccc2)C1=Nc1ccccc1-c1ccccc1.[Cl][Ni][Cl]. The first-order valence-corrected chi connectivity index (χ1v) is 15.8. The van der Waals surface area contributed by atoms with Crippen LogP contribution < -0.4 is 0 Å². The summed E-state index contributed by atoms with van der Waals surface area (Å²) in [6.45, 7) is 9.24. The standard InChI is InChI=1S/C34H34N2.2ClH.Ni/c1-33(2)23-24-34(3,4)32(36-30-22-14-12-20-28(30)26-17-9-6-10-18-26)31(33)35-29-21-13-11-19-27(29)25-15-7-5-8-16-25;;;/h5-22H,23-24H2,1-4H3;2*1H;/q;;;+2/p-2. The summed E-state index contributed by atoms with van der Waals surface area (Å²) in [6.07, 6.45) is 2.15. The van der Waals surface area contributed by atoms with Crippen molar-refractivity contribution < 1.29 is 12.7 Å². The normalized spacial score (nSPS) is 18.0. The predicted octanol–water partition coefficient (Wildman–Crippen LogP) is 11.1. The van der Waals surface area contributed by atoms with Gasteiger partial charge >= 0.3 is 33.0 Å². The Kier molecular flexibility index (Phi) is 9.83. The molecular weight excluding hydrogens is 566 g/mol. The number of hydrogen-bond donors (Lipinski definition) is 0. The van der Waals surface area contributed by atoms with Gasteiger partial charge in [-0.05, 0) is 36.1 Å². The molecule has 5 heteroatoms. The van der Waals surface area contributed by atoms with Crippen molar-refractivity contribution >= 4 is 43.2 Å². The van der Waals surface area contributed by atoms with Gasteiger partial charge in [0.2, 0.25) is 0 Å². The van der Waals surface area contributed by atoms with E-state index in [2.05, 4.69) is 137 Å². The van der Waals surface area contributed by atoms with Crippen molar-refractivity contribution in [1.29, 1.82) is 0 Å². The summed E-state index contributed by atoms with van der Waals surface area (Å²) < 4.78 is 0. The van der Waals surface area contributed by atoms with Gasteiger partial charge in [0, 0.05) is 22.0 Å². The Hall–Kier alpha value is -2.71. The van der Waals surface area contributed by atoms with Gasteiger partial charge in [-0.2, -0.15) is 0 Å². The van der Waals surface area contributed by atoms with Gasteiger partial charge in [-0.25, -0.2) is 0 Å². The second-order valence-electron chi connectivity index (χ2n) is 11.0. The molecule has 39 heavy (non-hydrogen) atoms. The molecule has 1 fully saturated rings. The van der Waals surface area contributed by atoms with Crippen molar-refractivity contribution in [2.24, 2.45) is 20.8 Å². The van der Waals surface area contributed by atoms with Crippen molar-refractivity contribution in [2.45, 2.75) is 40.5 Å². The maximum atomic E-state index is 5.41. The number of aliphatic imine (C=N–C) groups is 2. The molecule has 0 atom stereocenters. The molecule has 0 aliphatic heterocycles. The third-order valence-corrected chi connectivity index (χ3v) is 7.32. The van der Waals surface area contributed by atoms with Crippen LogP contribution in [0, 0.1) is 10.8 Å². The van der Waals surface area contributed by atoms with E-state index in [0.717, 1.165) is 46.8 Å². The fourth-order valence-corrected chi connectivity index (χ4v) is 5.02. The number of hydrogen-bond acceptors (Lipinski definition) is 2. The number of nitrogens with zero attached hydrogens (tertiary/aromatic N) is 2.